The lowest BCUT2D eigenvalue weighted by Crippen LogP contribution is -2.54. The summed E-state index contributed by atoms with van der Waals surface area (Å²) in [7, 11) is 0. The number of nitrogens with zero attached hydrogens (tertiary/aromatic N) is 1. The molecule has 2 heterocycles. The summed E-state index contributed by atoms with van der Waals surface area (Å²) < 4.78 is 35.0. The van der Waals surface area contributed by atoms with Gasteiger partial charge < -0.3 is 9.47 Å². The molecule has 0 radical (unpaired) electrons. The standard InChI is InChI=1S/C18H9ClF2N2O4S/c19-10-2-4-11(5-3-10)23-16(25)12(15(24)22-17(23)28)7-9-1-6-13-14(8-9)27-18(20,21)26-13/h1-8H,(H,22,24,28). The summed E-state index contributed by atoms with van der Waals surface area (Å²) in [5.74, 6) is -1.72. The first-order valence-electron chi connectivity index (χ1n) is 7.80. The van der Waals surface area contributed by atoms with Crippen LogP contribution in [0.4, 0.5) is 14.5 Å². The Hall–Kier alpha value is -3.04. The SMILES string of the molecule is O=C1NC(=S)N(c2ccc(Cl)cc2)C(=O)C1=Cc1ccc2c(c1)OC(F)(F)O2. The molecule has 1 N–H and O–H groups in total. The summed E-state index contributed by atoms with van der Waals surface area (Å²) in [6.45, 7) is 0. The molecule has 0 atom stereocenters. The quantitative estimate of drug-likeness (QED) is 0.456. The fourth-order valence-electron chi connectivity index (χ4n) is 2.70. The van der Waals surface area contributed by atoms with Gasteiger partial charge in [-0.25, -0.2) is 0 Å². The average Bonchev–Trinajstić information content (AvgIpc) is 2.93. The molecule has 2 aliphatic rings. The molecule has 0 unspecified atom stereocenters. The Morgan fingerprint density at radius 2 is 1.75 bits per heavy atom. The Morgan fingerprint density at radius 1 is 1.07 bits per heavy atom. The zero-order valence-corrected chi connectivity index (χ0v) is 15.3. The number of rotatable bonds is 2. The molecular formula is C18H9ClF2N2O4S. The molecule has 0 saturated carbocycles. The van der Waals surface area contributed by atoms with Crippen molar-refractivity contribution in [3.63, 3.8) is 0 Å². The third-order valence-electron chi connectivity index (χ3n) is 3.92. The lowest BCUT2D eigenvalue weighted by molar-refractivity contribution is -0.286. The minimum Gasteiger partial charge on any atom is -0.395 e. The number of halogens is 3. The van der Waals surface area contributed by atoms with Gasteiger partial charge in [0.25, 0.3) is 11.8 Å². The van der Waals surface area contributed by atoms with Crippen LogP contribution in [-0.2, 0) is 9.59 Å². The van der Waals surface area contributed by atoms with Crippen molar-refractivity contribution >= 4 is 52.5 Å². The molecule has 142 valence electrons. The van der Waals surface area contributed by atoms with Crippen LogP contribution in [0.25, 0.3) is 6.08 Å². The smallest absolute Gasteiger partial charge is 0.395 e. The highest BCUT2D eigenvalue weighted by atomic mass is 35.5. The van der Waals surface area contributed by atoms with Gasteiger partial charge in [-0.15, -0.1) is 8.78 Å². The molecule has 2 aliphatic heterocycles. The van der Waals surface area contributed by atoms with E-state index in [4.69, 9.17) is 23.8 Å². The van der Waals surface area contributed by atoms with Crippen LogP contribution in [0.15, 0.2) is 48.0 Å². The van der Waals surface area contributed by atoms with E-state index in [0.717, 1.165) is 4.90 Å². The van der Waals surface area contributed by atoms with Crippen LogP contribution in [0.3, 0.4) is 0 Å². The van der Waals surface area contributed by atoms with Crippen LogP contribution in [0, 0.1) is 0 Å². The molecule has 28 heavy (non-hydrogen) atoms. The highest BCUT2D eigenvalue weighted by Crippen LogP contribution is 2.41. The number of benzene rings is 2. The van der Waals surface area contributed by atoms with Gasteiger partial charge in [0.15, 0.2) is 16.6 Å². The molecular weight excluding hydrogens is 414 g/mol. The first-order chi connectivity index (χ1) is 13.2. The van der Waals surface area contributed by atoms with Gasteiger partial charge >= 0.3 is 6.29 Å². The maximum Gasteiger partial charge on any atom is 0.586 e. The number of carbonyl (C=O) groups excluding carboxylic acids is 2. The number of hydrogen-bond donors (Lipinski definition) is 1. The van der Waals surface area contributed by atoms with Crippen molar-refractivity contribution in [2.24, 2.45) is 0 Å². The van der Waals surface area contributed by atoms with Crippen molar-refractivity contribution in [2.45, 2.75) is 6.29 Å². The first-order valence-corrected chi connectivity index (χ1v) is 8.59. The van der Waals surface area contributed by atoms with Crippen molar-refractivity contribution in [3.05, 3.63) is 58.6 Å². The zero-order chi connectivity index (χ0) is 20.1. The molecule has 2 aromatic carbocycles. The van der Waals surface area contributed by atoms with Crippen molar-refractivity contribution < 1.29 is 27.8 Å². The Kier molecular flexibility index (Phi) is 4.28. The van der Waals surface area contributed by atoms with Gasteiger partial charge in [0.1, 0.15) is 5.57 Å². The fraction of sp³-hybridized carbons (Fsp3) is 0.0556. The molecule has 10 heteroatoms. The molecule has 6 nitrogen and oxygen atoms in total. The monoisotopic (exact) mass is 422 g/mol. The van der Waals surface area contributed by atoms with Gasteiger partial charge in [-0.1, -0.05) is 17.7 Å². The fourth-order valence-corrected chi connectivity index (χ4v) is 3.11. The number of amides is 2. The summed E-state index contributed by atoms with van der Waals surface area (Å²) in [6.07, 6.45) is -2.51. The number of nitrogens with one attached hydrogen (secondary N) is 1. The summed E-state index contributed by atoms with van der Waals surface area (Å²) in [5, 5.41) is 2.81. The van der Waals surface area contributed by atoms with Gasteiger partial charge in [0.2, 0.25) is 0 Å². The third kappa shape index (κ3) is 3.30. The molecule has 4 rings (SSSR count). The predicted octanol–water partition coefficient (Wildman–Crippen LogP) is 3.49. The molecule has 0 bridgehead atoms. The Bertz CT molecular complexity index is 1060. The highest BCUT2D eigenvalue weighted by molar-refractivity contribution is 7.80. The van der Waals surface area contributed by atoms with E-state index >= 15 is 0 Å². The molecule has 2 aromatic rings. The maximum absolute atomic E-state index is 13.2. The van der Waals surface area contributed by atoms with Gasteiger partial charge in [-0.05, 0) is 60.3 Å². The number of hydrogen-bond acceptors (Lipinski definition) is 5. The second kappa shape index (κ2) is 6.54. The summed E-state index contributed by atoms with van der Waals surface area (Å²) in [5.41, 5.74) is 0.479. The van der Waals surface area contributed by atoms with E-state index in [-0.39, 0.29) is 22.2 Å². The maximum atomic E-state index is 13.2. The average molecular weight is 423 g/mol. The largest absolute Gasteiger partial charge is 0.586 e. The van der Waals surface area contributed by atoms with E-state index in [2.05, 4.69) is 14.8 Å². The minimum atomic E-state index is -3.76. The lowest BCUT2D eigenvalue weighted by Gasteiger charge is -2.28. The van der Waals surface area contributed by atoms with E-state index in [1.165, 1.54) is 24.3 Å². The second-order valence-corrected chi connectivity index (χ2v) is 6.63. The van der Waals surface area contributed by atoms with E-state index in [9.17, 15) is 18.4 Å². The predicted molar refractivity (Wildman–Crippen MR) is 100 cm³/mol. The molecule has 0 aliphatic carbocycles. The zero-order valence-electron chi connectivity index (χ0n) is 13.7. The summed E-state index contributed by atoms with van der Waals surface area (Å²) in [6, 6.07) is 10.2. The summed E-state index contributed by atoms with van der Waals surface area (Å²) >= 11 is 11.0. The van der Waals surface area contributed by atoms with Crippen molar-refractivity contribution in [2.75, 3.05) is 4.90 Å². The topological polar surface area (TPSA) is 67.9 Å². The number of alkyl halides is 2. The van der Waals surface area contributed by atoms with Gasteiger partial charge in [0, 0.05) is 5.02 Å². The highest BCUT2D eigenvalue weighted by Gasteiger charge is 2.43. The van der Waals surface area contributed by atoms with Gasteiger partial charge in [0.05, 0.1) is 5.69 Å². The summed E-state index contributed by atoms with van der Waals surface area (Å²) in [4.78, 5) is 26.3. The molecule has 2 amide bonds. The van der Waals surface area contributed by atoms with Gasteiger partial charge in [-0.2, -0.15) is 0 Å². The van der Waals surface area contributed by atoms with Crippen LogP contribution in [0.1, 0.15) is 5.56 Å². The van der Waals surface area contributed by atoms with Crippen molar-refractivity contribution in [3.8, 4) is 11.5 Å². The van der Waals surface area contributed by atoms with Gasteiger partial charge in [-0.3, -0.25) is 19.8 Å². The van der Waals surface area contributed by atoms with Crippen LogP contribution < -0.4 is 19.7 Å². The van der Waals surface area contributed by atoms with Crippen LogP contribution in [0.5, 0.6) is 11.5 Å². The Balaban J connectivity index is 1.69. The number of ether oxygens (including phenoxy) is 2. The number of carbonyl (C=O) groups is 2. The third-order valence-corrected chi connectivity index (χ3v) is 4.46. The minimum absolute atomic E-state index is 0.0835. The van der Waals surface area contributed by atoms with Crippen LogP contribution in [-0.4, -0.2) is 23.2 Å². The Labute approximate surface area is 167 Å². The normalized spacial score (nSPS) is 19.2. The lowest BCUT2D eigenvalue weighted by atomic mass is 10.1. The van der Waals surface area contributed by atoms with Crippen molar-refractivity contribution in [1.29, 1.82) is 0 Å². The van der Waals surface area contributed by atoms with Crippen molar-refractivity contribution in [1.82, 2.24) is 5.32 Å². The number of thiocarbonyl (C=S) groups is 1. The number of anilines is 1. The molecule has 0 aromatic heterocycles. The number of fused-ring (bicyclic) bond motifs is 1. The van der Waals surface area contributed by atoms with Crippen LogP contribution >= 0.6 is 23.8 Å². The Morgan fingerprint density at radius 3 is 2.46 bits per heavy atom. The van der Waals surface area contributed by atoms with E-state index in [1.54, 1.807) is 24.3 Å². The second-order valence-electron chi connectivity index (χ2n) is 5.81. The van der Waals surface area contributed by atoms with E-state index < -0.39 is 18.1 Å². The van der Waals surface area contributed by atoms with E-state index in [0.29, 0.717) is 16.3 Å². The van der Waals surface area contributed by atoms with E-state index in [1.807, 2.05) is 0 Å². The molecule has 0 spiro atoms. The molecule has 1 saturated heterocycles. The first kappa shape index (κ1) is 18.3. The molecule has 1 fully saturated rings. The van der Waals surface area contributed by atoms with Crippen LogP contribution in [0.2, 0.25) is 5.02 Å².